The van der Waals surface area contributed by atoms with Gasteiger partial charge in [-0.15, -0.1) is 0 Å². The number of allylic oxidation sites excluding steroid dienone is 3. The summed E-state index contributed by atoms with van der Waals surface area (Å²) in [6, 6.07) is -0.981. The van der Waals surface area contributed by atoms with E-state index in [1.807, 2.05) is 6.08 Å². The van der Waals surface area contributed by atoms with E-state index in [4.69, 9.17) is 9.47 Å². The Labute approximate surface area is 386 Å². The van der Waals surface area contributed by atoms with Crippen LogP contribution in [0.25, 0.3) is 0 Å². The van der Waals surface area contributed by atoms with Crippen LogP contribution in [0.1, 0.15) is 245 Å². The van der Waals surface area contributed by atoms with Crippen molar-refractivity contribution in [2.24, 2.45) is 0 Å². The average molecular weight is 896 g/mol. The molecule has 1 fully saturated rings. The predicted octanol–water partition coefficient (Wildman–Crippen LogP) is 11.2. The maximum atomic E-state index is 13.1. The van der Waals surface area contributed by atoms with E-state index in [1.165, 1.54) is 173 Å². The zero-order chi connectivity index (χ0) is 46.0. The van der Waals surface area contributed by atoms with Gasteiger partial charge in [-0.25, -0.2) is 0 Å². The Morgan fingerprint density at radius 2 is 0.921 bits per heavy atom. The molecule has 1 rings (SSSR count). The number of carbonyl (C=O) groups is 1. The lowest BCUT2D eigenvalue weighted by atomic mass is 9.99. The fourth-order valence-corrected chi connectivity index (χ4v) is 8.51. The van der Waals surface area contributed by atoms with E-state index in [9.17, 15) is 35.4 Å². The van der Waals surface area contributed by atoms with Crippen LogP contribution < -0.4 is 5.32 Å². The van der Waals surface area contributed by atoms with Crippen LogP contribution in [-0.4, -0.2) is 98.7 Å². The highest BCUT2D eigenvalue weighted by Crippen LogP contribution is 2.23. The molecule has 0 aliphatic carbocycles. The first kappa shape index (κ1) is 59.6. The SMILES string of the molecule is CCCCCCCCCCCCCC/C=C\CCCCCCCCC(O)C(=O)NC(COC1OC(CO)C(O)C(O)C1O)C(O)/C=C/CCCCCCCCCCCCCCCC. The average Bonchev–Trinajstić information content (AvgIpc) is 3.28. The molecule has 1 aliphatic rings. The Hall–Kier alpha value is -1.37. The molecule has 1 amide bonds. The third-order valence-corrected chi connectivity index (χ3v) is 12.9. The van der Waals surface area contributed by atoms with Crippen LogP contribution in [-0.2, 0) is 14.3 Å². The van der Waals surface area contributed by atoms with Crippen molar-refractivity contribution in [3.8, 4) is 0 Å². The van der Waals surface area contributed by atoms with E-state index in [-0.39, 0.29) is 6.61 Å². The van der Waals surface area contributed by atoms with Crippen molar-refractivity contribution in [1.82, 2.24) is 5.32 Å². The molecule has 1 saturated heterocycles. The molecule has 0 aromatic rings. The van der Waals surface area contributed by atoms with Gasteiger partial charge in [-0.2, -0.15) is 0 Å². The van der Waals surface area contributed by atoms with Crippen LogP contribution in [0.2, 0.25) is 0 Å². The van der Waals surface area contributed by atoms with Crippen LogP contribution in [0.3, 0.4) is 0 Å². The van der Waals surface area contributed by atoms with Crippen molar-refractivity contribution in [1.29, 1.82) is 0 Å². The summed E-state index contributed by atoms with van der Waals surface area (Å²) in [5.41, 5.74) is 0. The van der Waals surface area contributed by atoms with E-state index in [0.717, 1.165) is 44.9 Å². The molecule has 372 valence electrons. The molecule has 0 spiro atoms. The molecule has 10 heteroatoms. The molecule has 0 aromatic heterocycles. The zero-order valence-electron chi connectivity index (χ0n) is 40.7. The number of aliphatic hydroxyl groups excluding tert-OH is 6. The Bertz CT molecular complexity index is 1060. The van der Waals surface area contributed by atoms with Crippen LogP contribution in [0, 0.1) is 0 Å². The van der Waals surface area contributed by atoms with Crippen molar-refractivity contribution in [3.63, 3.8) is 0 Å². The molecule has 0 radical (unpaired) electrons. The minimum absolute atomic E-state index is 0.305. The minimum Gasteiger partial charge on any atom is -0.394 e. The smallest absolute Gasteiger partial charge is 0.249 e. The van der Waals surface area contributed by atoms with Crippen LogP contribution in [0.4, 0.5) is 0 Å². The topological polar surface area (TPSA) is 169 Å². The first-order chi connectivity index (χ1) is 30.8. The second-order valence-corrected chi connectivity index (χ2v) is 18.8. The second kappa shape index (κ2) is 43.2. The molecular formula is C53H101NO9. The van der Waals surface area contributed by atoms with Gasteiger partial charge in [0.25, 0.3) is 0 Å². The Kier molecular flexibility index (Phi) is 40.9. The van der Waals surface area contributed by atoms with Crippen molar-refractivity contribution < 1.29 is 44.9 Å². The number of aliphatic hydroxyl groups is 6. The summed E-state index contributed by atoms with van der Waals surface area (Å²) < 4.78 is 11.2. The standard InChI is InChI=1S/C53H101NO9/c1-3-5-7-9-11-13-15-17-19-21-22-23-24-25-26-28-30-32-34-36-38-40-42-47(57)52(61)54-45(44-62-53-51(60)50(59)49(58)48(43-55)63-53)46(56)41-39-37-35-33-31-29-27-20-18-16-14-12-10-8-6-4-2/h25-26,39,41,45-51,53,55-60H,3-24,27-38,40,42-44H2,1-2H3,(H,54,61)/b26-25-,41-39+. The summed E-state index contributed by atoms with van der Waals surface area (Å²) in [7, 11) is 0. The molecule has 7 N–H and O–H groups in total. The Morgan fingerprint density at radius 3 is 1.33 bits per heavy atom. The highest BCUT2D eigenvalue weighted by molar-refractivity contribution is 5.80. The minimum atomic E-state index is -1.61. The van der Waals surface area contributed by atoms with Gasteiger partial charge in [-0.1, -0.05) is 224 Å². The lowest BCUT2D eigenvalue weighted by molar-refractivity contribution is -0.302. The van der Waals surface area contributed by atoms with E-state index in [0.29, 0.717) is 12.8 Å². The predicted molar refractivity (Wildman–Crippen MR) is 260 cm³/mol. The number of hydrogen-bond donors (Lipinski definition) is 7. The summed E-state index contributed by atoms with van der Waals surface area (Å²) in [6.45, 7) is 3.63. The monoisotopic (exact) mass is 896 g/mol. The van der Waals surface area contributed by atoms with E-state index in [1.54, 1.807) is 6.08 Å². The third kappa shape index (κ3) is 32.9. The van der Waals surface area contributed by atoms with Crippen LogP contribution >= 0.6 is 0 Å². The highest BCUT2D eigenvalue weighted by atomic mass is 16.7. The quantitative estimate of drug-likeness (QED) is 0.0232. The van der Waals surface area contributed by atoms with Crippen molar-refractivity contribution in [2.75, 3.05) is 13.2 Å². The summed E-state index contributed by atoms with van der Waals surface area (Å²) in [5, 5.41) is 64.9. The molecule has 63 heavy (non-hydrogen) atoms. The summed E-state index contributed by atoms with van der Waals surface area (Å²) in [4.78, 5) is 13.1. The van der Waals surface area contributed by atoms with Gasteiger partial charge < -0.3 is 45.4 Å². The molecule has 8 atom stereocenters. The van der Waals surface area contributed by atoms with E-state index >= 15 is 0 Å². The zero-order valence-corrected chi connectivity index (χ0v) is 40.7. The van der Waals surface area contributed by atoms with Gasteiger partial charge in [0, 0.05) is 0 Å². The number of unbranched alkanes of at least 4 members (excludes halogenated alkanes) is 32. The molecule has 10 nitrogen and oxygen atoms in total. The number of hydrogen-bond acceptors (Lipinski definition) is 9. The van der Waals surface area contributed by atoms with E-state index < -0.39 is 61.5 Å². The van der Waals surface area contributed by atoms with Gasteiger partial charge in [0.1, 0.15) is 30.5 Å². The number of rotatable bonds is 45. The third-order valence-electron chi connectivity index (χ3n) is 12.9. The molecular weight excluding hydrogens is 795 g/mol. The number of carbonyl (C=O) groups excluding carboxylic acids is 1. The van der Waals surface area contributed by atoms with Gasteiger partial charge in [0.05, 0.1) is 25.4 Å². The lowest BCUT2D eigenvalue weighted by Crippen LogP contribution is -2.60. The van der Waals surface area contributed by atoms with Crippen molar-refractivity contribution in [3.05, 3.63) is 24.3 Å². The highest BCUT2D eigenvalue weighted by Gasteiger charge is 2.44. The lowest BCUT2D eigenvalue weighted by Gasteiger charge is -2.40. The number of ether oxygens (including phenoxy) is 2. The number of nitrogens with one attached hydrogen (secondary N) is 1. The Balaban J connectivity index is 2.32. The summed E-state index contributed by atoms with van der Waals surface area (Å²) >= 11 is 0. The molecule has 8 unspecified atom stereocenters. The first-order valence-corrected chi connectivity index (χ1v) is 26.7. The fraction of sp³-hybridized carbons (Fsp3) is 0.906. The maximum Gasteiger partial charge on any atom is 0.249 e. The van der Waals surface area contributed by atoms with Gasteiger partial charge in [0.15, 0.2) is 6.29 Å². The van der Waals surface area contributed by atoms with Crippen molar-refractivity contribution >= 4 is 5.91 Å². The summed E-state index contributed by atoms with van der Waals surface area (Å²) in [6.07, 6.45) is 42.7. The largest absolute Gasteiger partial charge is 0.394 e. The van der Waals surface area contributed by atoms with E-state index in [2.05, 4.69) is 31.3 Å². The van der Waals surface area contributed by atoms with Gasteiger partial charge in [-0.05, 0) is 44.9 Å². The molecule has 1 aliphatic heterocycles. The molecule has 1 heterocycles. The molecule has 0 aromatic carbocycles. The van der Waals surface area contributed by atoms with Gasteiger partial charge in [0.2, 0.25) is 5.91 Å². The van der Waals surface area contributed by atoms with Crippen LogP contribution in [0.15, 0.2) is 24.3 Å². The Morgan fingerprint density at radius 1 is 0.540 bits per heavy atom. The van der Waals surface area contributed by atoms with Gasteiger partial charge >= 0.3 is 0 Å². The van der Waals surface area contributed by atoms with Crippen molar-refractivity contribution in [2.45, 2.75) is 294 Å². The maximum absolute atomic E-state index is 13.1. The van der Waals surface area contributed by atoms with Crippen LogP contribution in [0.5, 0.6) is 0 Å². The first-order valence-electron chi connectivity index (χ1n) is 26.7. The second-order valence-electron chi connectivity index (χ2n) is 18.8. The number of amides is 1. The summed E-state index contributed by atoms with van der Waals surface area (Å²) in [5.74, 6) is -0.618. The molecule has 0 saturated carbocycles. The fourth-order valence-electron chi connectivity index (χ4n) is 8.51. The van der Waals surface area contributed by atoms with Gasteiger partial charge in [-0.3, -0.25) is 4.79 Å². The normalized spacial score (nSPS) is 20.8. The molecule has 0 bridgehead atoms.